The molecule has 0 bridgehead atoms. The lowest BCUT2D eigenvalue weighted by atomic mass is 9.98. The van der Waals surface area contributed by atoms with Gasteiger partial charge in [0.1, 0.15) is 11.3 Å². The quantitative estimate of drug-likeness (QED) is 0.240. The summed E-state index contributed by atoms with van der Waals surface area (Å²) in [5.74, 6) is 0.539. The Morgan fingerprint density at radius 3 is 2.40 bits per heavy atom. The van der Waals surface area contributed by atoms with Gasteiger partial charge in [0.05, 0.1) is 23.6 Å². The van der Waals surface area contributed by atoms with Crippen molar-refractivity contribution in [3.05, 3.63) is 104 Å². The number of hydrogen-bond acceptors (Lipinski definition) is 4. The number of amides is 1. The number of hydrogen-bond donors (Lipinski definition) is 0. The third-order valence-corrected chi connectivity index (χ3v) is 6.91. The summed E-state index contributed by atoms with van der Waals surface area (Å²) < 4.78 is 12.6. The lowest BCUT2D eigenvalue weighted by Crippen LogP contribution is -2.29. The van der Waals surface area contributed by atoms with Gasteiger partial charge >= 0.3 is 0 Å². The van der Waals surface area contributed by atoms with Gasteiger partial charge in [-0.2, -0.15) is 0 Å². The summed E-state index contributed by atoms with van der Waals surface area (Å²) in [6.07, 6.45) is 2.94. The molecule has 1 unspecified atom stereocenters. The number of fused-ring (bicyclic) bond motifs is 2. The lowest BCUT2D eigenvalue weighted by molar-refractivity contribution is 0.0971. The Bertz CT molecular complexity index is 1440. The van der Waals surface area contributed by atoms with E-state index < -0.39 is 6.04 Å². The van der Waals surface area contributed by atoms with Crippen LogP contribution in [0.4, 0.5) is 5.69 Å². The van der Waals surface area contributed by atoms with Gasteiger partial charge in [-0.05, 0) is 66.4 Å². The Morgan fingerprint density at radius 1 is 0.971 bits per heavy atom. The summed E-state index contributed by atoms with van der Waals surface area (Å²) in [5.41, 5.74) is 3.27. The molecule has 0 saturated carbocycles. The Morgan fingerprint density at radius 2 is 1.71 bits per heavy atom. The van der Waals surface area contributed by atoms with Crippen molar-refractivity contribution < 1.29 is 13.9 Å². The van der Waals surface area contributed by atoms with Gasteiger partial charge in [-0.25, -0.2) is 0 Å². The molecule has 0 fully saturated rings. The number of anilines is 1. The summed E-state index contributed by atoms with van der Waals surface area (Å²) in [5, 5.41) is 0.443. The zero-order valence-corrected chi connectivity index (χ0v) is 21.3. The van der Waals surface area contributed by atoms with Gasteiger partial charge in [-0.1, -0.05) is 60.5 Å². The van der Waals surface area contributed by atoms with Crippen LogP contribution in [0.15, 0.2) is 80.4 Å². The highest BCUT2D eigenvalue weighted by Gasteiger charge is 2.43. The summed E-state index contributed by atoms with van der Waals surface area (Å²) >= 11 is 3.44. The molecule has 2 heterocycles. The third kappa shape index (κ3) is 4.27. The van der Waals surface area contributed by atoms with E-state index in [0.29, 0.717) is 23.1 Å². The van der Waals surface area contributed by atoms with Crippen LogP contribution in [0.3, 0.4) is 0 Å². The van der Waals surface area contributed by atoms with E-state index in [1.165, 1.54) is 5.56 Å². The van der Waals surface area contributed by atoms with Crippen LogP contribution >= 0.6 is 15.9 Å². The molecule has 35 heavy (non-hydrogen) atoms. The van der Waals surface area contributed by atoms with E-state index in [0.717, 1.165) is 40.7 Å². The smallest absolute Gasteiger partial charge is 0.295 e. The molecule has 4 aromatic rings. The zero-order chi connectivity index (χ0) is 24.5. The summed E-state index contributed by atoms with van der Waals surface area (Å²) in [7, 11) is 0. The number of unbranched alkanes of at least 4 members (excludes halogenated alkanes) is 1. The molecule has 0 radical (unpaired) electrons. The first kappa shape index (κ1) is 23.4. The van der Waals surface area contributed by atoms with Crippen LogP contribution in [0.1, 0.15) is 60.0 Å². The molecule has 1 amide bonds. The Kier molecular flexibility index (Phi) is 6.48. The predicted octanol–water partition coefficient (Wildman–Crippen LogP) is 7.05. The molecule has 1 aliphatic heterocycles. The number of carbonyl (C=O) groups is 1. The summed E-state index contributed by atoms with van der Waals surface area (Å²) in [4.78, 5) is 29.1. The molecule has 0 spiro atoms. The maximum absolute atomic E-state index is 13.7. The predicted molar refractivity (Wildman–Crippen MR) is 142 cm³/mol. The first-order valence-corrected chi connectivity index (χ1v) is 12.7. The Labute approximate surface area is 212 Å². The van der Waals surface area contributed by atoms with Crippen molar-refractivity contribution in [1.82, 2.24) is 0 Å². The average Bonchev–Trinajstić information content (AvgIpc) is 3.17. The third-order valence-electron chi connectivity index (χ3n) is 6.42. The van der Waals surface area contributed by atoms with E-state index in [2.05, 4.69) is 29.8 Å². The molecule has 178 valence electrons. The first-order chi connectivity index (χ1) is 17.0. The number of halogens is 1. The van der Waals surface area contributed by atoms with Crippen molar-refractivity contribution in [2.45, 2.75) is 39.2 Å². The highest BCUT2D eigenvalue weighted by molar-refractivity contribution is 9.10. The number of benzene rings is 3. The highest BCUT2D eigenvalue weighted by Crippen LogP contribution is 2.41. The standard InChI is InChI=1S/C29H26BrNO4/c1-3-5-16-34-22-13-8-19(9-14-22)26-25-27(32)23-17-20(30)10-15-24(23)35-28(25)29(33)31(26)21-11-6-18(4-2)7-12-21/h6-15,17,26H,3-5,16H2,1-2H3. The summed E-state index contributed by atoms with van der Waals surface area (Å²) in [6, 6.07) is 20.2. The number of nitrogens with zero attached hydrogens (tertiary/aromatic N) is 1. The molecular formula is C29H26BrNO4. The van der Waals surface area contributed by atoms with Gasteiger partial charge < -0.3 is 9.15 Å². The van der Waals surface area contributed by atoms with Crippen molar-refractivity contribution in [1.29, 1.82) is 0 Å². The van der Waals surface area contributed by atoms with Crippen LogP contribution in [0, 0.1) is 0 Å². The van der Waals surface area contributed by atoms with Crippen LogP contribution in [0.5, 0.6) is 5.75 Å². The monoisotopic (exact) mass is 531 g/mol. The minimum Gasteiger partial charge on any atom is -0.494 e. The fraction of sp³-hybridized carbons (Fsp3) is 0.241. The molecule has 0 aliphatic carbocycles. The first-order valence-electron chi connectivity index (χ1n) is 11.9. The minimum atomic E-state index is -0.603. The van der Waals surface area contributed by atoms with Crippen LogP contribution in [-0.2, 0) is 6.42 Å². The maximum atomic E-state index is 13.7. The SMILES string of the molecule is CCCCOc1ccc(C2c3c(oc4ccc(Br)cc4c3=O)C(=O)N2c2ccc(CC)cc2)cc1. The van der Waals surface area contributed by atoms with Crippen LogP contribution < -0.4 is 15.1 Å². The van der Waals surface area contributed by atoms with E-state index in [4.69, 9.17) is 9.15 Å². The van der Waals surface area contributed by atoms with Gasteiger partial charge in [0, 0.05) is 10.2 Å². The van der Waals surface area contributed by atoms with Crippen molar-refractivity contribution in [2.75, 3.05) is 11.5 Å². The number of aryl methyl sites for hydroxylation is 1. The molecular weight excluding hydrogens is 506 g/mol. The lowest BCUT2D eigenvalue weighted by Gasteiger charge is -2.25. The molecule has 3 aromatic carbocycles. The van der Waals surface area contributed by atoms with Gasteiger partial charge in [0.2, 0.25) is 5.76 Å². The molecule has 1 aliphatic rings. The topological polar surface area (TPSA) is 59.8 Å². The Hall–Kier alpha value is -3.38. The molecule has 5 nitrogen and oxygen atoms in total. The van der Waals surface area contributed by atoms with E-state index >= 15 is 0 Å². The maximum Gasteiger partial charge on any atom is 0.295 e. The fourth-order valence-electron chi connectivity index (χ4n) is 4.50. The second-order valence-electron chi connectivity index (χ2n) is 8.68. The van der Waals surface area contributed by atoms with Crippen molar-refractivity contribution in [2.24, 2.45) is 0 Å². The van der Waals surface area contributed by atoms with Crippen LogP contribution in [0.25, 0.3) is 11.0 Å². The zero-order valence-electron chi connectivity index (χ0n) is 19.7. The van der Waals surface area contributed by atoms with Crippen LogP contribution in [0.2, 0.25) is 0 Å². The van der Waals surface area contributed by atoms with Crippen molar-refractivity contribution in [3.63, 3.8) is 0 Å². The largest absolute Gasteiger partial charge is 0.494 e. The van der Waals surface area contributed by atoms with E-state index in [1.54, 1.807) is 23.1 Å². The minimum absolute atomic E-state index is 0.0951. The van der Waals surface area contributed by atoms with E-state index in [9.17, 15) is 9.59 Å². The second-order valence-corrected chi connectivity index (χ2v) is 9.60. The second kappa shape index (κ2) is 9.70. The van der Waals surface area contributed by atoms with Crippen molar-refractivity contribution in [3.8, 4) is 5.75 Å². The average molecular weight is 532 g/mol. The molecule has 6 heteroatoms. The molecule has 0 saturated heterocycles. The molecule has 1 atom stereocenters. The normalized spacial score (nSPS) is 15.0. The van der Waals surface area contributed by atoms with Crippen molar-refractivity contribution >= 4 is 38.5 Å². The Balaban J connectivity index is 1.66. The number of carbonyl (C=O) groups excluding carboxylic acids is 1. The molecule has 1 aromatic heterocycles. The van der Waals surface area contributed by atoms with Gasteiger partial charge in [-0.3, -0.25) is 14.5 Å². The number of rotatable bonds is 7. The van der Waals surface area contributed by atoms with E-state index in [-0.39, 0.29) is 17.1 Å². The summed E-state index contributed by atoms with van der Waals surface area (Å²) in [6.45, 7) is 4.86. The van der Waals surface area contributed by atoms with Gasteiger partial charge in [0.15, 0.2) is 5.43 Å². The van der Waals surface area contributed by atoms with E-state index in [1.807, 2.05) is 48.5 Å². The van der Waals surface area contributed by atoms with Gasteiger partial charge in [-0.15, -0.1) is 0 Å². The molecule has 0 N–H and O–H groups in total. The highest BCUT2D eigenvalue weighted by atomic mass is 79.9. The van der Waals surface area contributed by atoms with Gasteiger partial charge in [0.25, 0.3) is 5.91 Å². The molecule has 5 rings (SSSR count). The fourth-order valence-corrected chi connectivity index (χ4v) is 4.86. The number of ether oxygens (including phenoxy) is 1. The van der Waals surface area contributed by atoms with Crippen LogP contribution in [-0.4, -0.2) is 12.5 Å².